The lowest BCUT2D eigenvalue weighted by Crippen LogP contribution is -2.54. The van der Waals surface area contributed by atoms with E-state index in [1.807, 2.05) is 0 Å². The van der Waals surface area contributed by atoms with Gasteiger partial charge in [-0.3, -0.25) is 23.2 Å². The van der Waals surface area contributed by atoms with Gasteiger partial charge in [-0.05, 0) is 63.0 Å². The Hall–Kier alpha value is -2.63. The molecule has 1 fully saturated rings. The number of aromatic hydroxyl groups is 2. The molecular formula is C41H70N2O16S3. The van der Waals surface area contributed by atoms with Crippen molar-refractivity contribution in [1.82, 2.24) is 10.2 Å². The van der Waals surface area contributed by atoms with Crippen LogP contribution in [0.3, 0.4) is 0 Å². The molecule has 2 heterocycles. The lowest BCUT2D eigenvalue weighted by molar-refractivity contribution is -0.142. The van der Waals surface area contributed by atoms with E-state index < -0.39 is 55.6 Å². The number of hydrogen-bond donors (Lipinski definition) is 6. The first-order valence-electron chi connectivity index (χ1n) is 22.4. The standard InChI is InChI=1S/C41H70N2O16S3/c1-2-3-4-5-6-12-15-18-21-37(58-61(51,52)53)38(59-62(54,55)56)26-23-33(57-60(48,49)50)20-17-14-11-9-7-8-10-13-16-19-22-39(46)42-34-24-25-35-40-31(27-28-43(35)41(34)47)29-32(44)30-36(40)45/h29-30,33-35,37-38,44-45H,2-28H2,1H3,(H,42,46)(H,48,49,50)(H,51,52,53)(H,54,55,56)/t33-,34-,35?,37-,38-/m0/s1. The van der Waals surface area contributed by atoms with Crippen LogP contribution in [0.2, 0.25) is 0 Å². The van der Waals surface area contributed by atoms with E-state index >= 15 is 0 Å². The van der Waals surface area contributed by atoms with Gasteiger partial charge in [-0.15, -0.1) is 0 Å². The molecule has 0 radical (unpaired) electrons. The average molecular weight is 943 g/mol. The zero-order valence-corrected chi connectivity index (χ0v) is 38.5. The number of fused-ring (bicyclic) bond motifs is 3. The van der Waals surface area contributed by atoms with Crippen LogP contribution in [0.25, 0.3) is 0 Å². The lowest BCUT2D eigenvalue weighted by atomic mass is 9.84. The Kier molecular flexibility index (Phi) is 23.4. The van der Waals surface area contributed by atoms with Crippen molar-refractivity contribution in [2.75, 3.05) is 6.54 Å². The van der Waals surface area contributed by atoms with Crippen LogP contribution >= 0.6 is 0 Å². The van der Waals surface area contributed by atoms with Crippen molar-refractivity contribution in [2.24, 2.45) is 0 Å². The van der Waals surface area contributed by atoms with Crippen LogP contribution in [-0.2, 0) is 59.8 Å². The number of unbranched alkanes of at least 4 members (excludes halogenated alkanes) is 16. The Morgan fingerprint density at radius 2 is 1.18 bits per heavy atom. The van der Waals surface area contributed by atoms with Gasteiger partial charge in [0, 0.05) is 24.6 Å². The maximum absolute atomic E-state index is 13.2. The van der Waals surface area contributed by atoms with Crippen LogP contribution in [0.1, 0.15) is 185 Å². The van der Waals surface area contributed by atoms with E-state index in [0.29, 0.717) is 69.9 Å². The van der Waals surface area contributed by atoms with E-state index in [1.165, 1.54) is 6.07 Å². The van der Waals surface area contributed by atoms with E-state index in [-0.39, 0.29) is 55.0 Å². The highest BCUT2D eigenvalue weighted by molar-refractivity contribution is 7.81. The third-order valence-electron chi connectivity index (χ3n) is 11.7. The zero-order valence-electron chi connectivity index (χ0n) is 36.0. The number of phenols is 2. The summed E-state index contributed by atoms with van der Waals surface area (Å²) in [5, 5.41) is 23.2. The molecule has 0 bridgehead atoms. The second-order valence-corrected chi connectivity index (χ2v) is 19.9. The molecular weight excluding hydrogens is 873 g/mol. The van der Waals surface area contributed by atoms with Gasteiger partial charge in [0.15, 0.2) is 0 Å². The number of piperidine rings is 1. The van der Waals surface area contributed by atoms with Gasteiger partial charge in [0.05, 0.1) is 12.1 Å². The number of hydrogen-bond acceptors (Lipinski definition) is 13. The Labute approximate surface area is 368 Å². The molecule has 0 saturated carbocycles. The Morgan fingerprint density at radius 1 is 0.677 bits per heavy atom. The van der Waals surface area contributed by atoms with Crippen molar-refractivity contribution in [3.63, 3.8) is 0 Å². The van der Waals surface area contributed by atoms with Gasteiger partial charge in [0.25, 0.3) is 0 Å². The van der Waals surface area contributed by atoms with Crippen LogP contribution < -0.4 is 5.32 Å². The van der Waals surface area contributed by atoms with Crippen molar-refractivity contribution in [1.29, 1.82) is 0 Å². The molecule has 5 atom stereocenters. The number of nitrogens with one attached hydrogen (secondary N) is 1. The first-order valence-corrected chi connectivity index (χ1v) is 26.5. The smallest absolute Gasteiger partial charge is 0.397 e. The largest absolute Gasteiger partial charge is 0.508 e. The molecule has 62 heavy (non-hydrogen) atoms. The lowest BCUT2D eigenvalue weighted by Gasteiger charge is -2.43. The summed E-state index contributed by atoms with van der Waals surface area (Å²) in [5.41, 5.74) is 1.51. The van der Waals surface area contributed by atoms with Gasteiger partial charge in [-0.25, -0.2) is 12.5 Å². The maximum Gasteiger partial charge on any atom is 0.397 e. The molecule has 1 saturated heterocycles. The van der Waals surface area contributed by atoms with Crippen molar-refractivity contribution < 1.29 is 71.3 Å². The molecule has 0 aliphatic carbocycles. The maximum atomic E-state index is 13.2. The van der Waals surface area contributed by atoms with Crippen molar-refractivity contribution in [2.45, 2.75) is 204 Å². The molecule has 1 aromatic carbocycles. The molecule has 2 aliphatic rings. The highest BCUT2D eigenvalue weighted by Crippen LogP contribution is 2.43. The molecule has 358 valence electrons. The number of benzene rings is 1. The molecule has 2 amide bonds. The van der Waals surface area contributed by atoms with Crippen LogP contribution in [0, 0.1) is 0 Å². The Morgan fingerprint density at radius 3 is 1.73 bits per heavy atom. The number of carbonyl (C=O) groups is 2. The molecule has 1 unspecified atom stereocenters. The van der Waals surface area contributed by atoms with Gasteiger partial charge < -0.3 is 20.4 Å². The second kappa shape index (κ2) is 27.0. The minimum Gasteiger partial charge on any atom is -0.508 e. The van der Waals surface area contributed by atoms with Gasteiger partial charge in [0.1, 0.15) is 29.7 Å². The molecule has 1 aromatic rings. The topological polar surface area (TPSA) is 281 Å². The van der Waals surface area contributed by atoms with Crippen LogP contribution in [0.15, 0.2) is 12.1 Å². The monoisotopic (exact) mass is 942 g/mol. The van der Waals surface area contributed by atoms with E-state index in [1.54, 1.807) is 11.0 Å². The van der Waals surface area contributed by atoms with E-state index in [9.17, 15) is 58.7 Å². The van der Waals surface area contributed by atoms with Crippen LogP contribution in [-0.4, -0.2) is 96.7 Å². The zero-order chi connectivity index (χ0) is 45.8. The normalized spacial score (nSPS) is 18.5. The van der Waals surface area contributed by atoms with Gasteiger partial charge in [-0.2, -0.15) is 25.3 Å². The first-order chi connectivity index (χ1) is 29.3. The SMILES string of the molecule is CCCCCCCCCC[C@H](OS(=O)(=O)O)[C@H](CC[C@H](CCCCCCCCCCCCC(=O)N[C@H]1CCC2c3c(O)cc(O)cc3CCN2C1=O)OS(=O)(=O)O)OS(=O)(=O)O. The number of nitrogens with zero attached hydrogens (tertiary/aromatic N) is 1. The number of carbonyl (C=O) groups excluding carboxylic acids is 2. The summed E-state index contributed by atoms with van der Waals surface area (Å²) in [5.74, 6) is -0.339. The van der Waals surface area contributed by atoms with Crippen molar-refractivity contribution in [3.8, 4) is 11.5 Å². The summed E-state index contributed by atoms with van der Waals surface area (Å²) in [6.07, 6.45) is 12.9. The quantitative estimate of drug-likeness (QED) is 0.0296. The van der Waals surface area contributed by atoms with Crippen LogP contribution in [0.5, 0.6) is 11.5 Å². The molecule has 18 nitrogen and oxygen atoms in total. The van der Waals surface area contributed by atoms with E-state index in [0.717, 1.165) is 89.0 Å². The molecule has 0 spiro atoms. The molecule has 2 aliphatic heterocycles. The summed E-state index contributed by atoms with van der Waals surface area (Å²) in [6, 6.07) is 2.05. The van der Waals surface area contributed by atoms with Gasteiger partial charge in [-0.1, -0.05) is 116 Å². The van der Waals surface area contributed by atoms with Crippen LogP contribution in [0.4, 0.5) is 0 Å². The number of rotatable bonds is 33. The Balaban J connectivity index is 1.32. The summed E-state index contributed by atoms with van der Waals surface area (Å²) in [6.45, 7) is 2.57. The predicted molar refractivity (Wildman–Crippen MR) is 230 cm³/mol. The highest BCUT2D eigenvalue weighted by atomic mass is 32.3. The number of phenolic OH excluding ortho intramolecular Hbond substituents is 2. The number of amides is 2. The van der Waals surface area contributed by atoms with Gasteiger partial charge in [0.2, 0.25) is 11.8 Å². The molecule has 21 heteroatoms. The second-order valence-electron chi connectivity index (χ2n) is 16.7. The fourth-order valence-corrected chi connectivity index (χ4v) is 10.3. The average Bonchev–Trinajstić information content (AvgIpc) is 3.16. The third kappa shape index (κ3) is 21.4. The minimum atomic E-state index is -5.12. The van der Waals surface area contributed by atoms with E-state index in [4.69, 9.17) is 12.5 Å². The predicted octanol–water partition coefficient (Wildman–Crippen LogP) is 7.36. The minimum absolute atomic E-state index is 0.00731. The summed E-state index contributed by atoms with van der Waals surface area (Å²) >= 11 is 0. The summed E-state index contributed by atoms with van der Waals surface area (Å²) < 4.78 is 113. The van der Waals surface area contributed by atoms with Gasteiger partial charge >= 0.3 is 31.2 Å². The van der Waals surface area contributed by atoms with Crippen molar-refractivity contribution >= 4 is 43.0 Å². The first kappa shape index (κ1) is 53.7. The molecule has 6 N–H and O–H groups in total. The summed E-state index contributed by atoms with van der Waals surface area (Å²) in [4.78, 5) is 27.6. The third-order valence-corrected chi connectivity index (χ3v) is 13.2. The van der Waals surface area contributed by atoms with E-state index in [2.05, 4.69) is 12.2 Å². The van der Waals surface area contributed by atoms with Crippen molar-refractivity contribution in [3.05, 3.63) is 23.3 Å². The Bertz CT molecular complexity index is 1860. The summed E-state index contributed by atoms with van der Waals surface area (Å²) in [7, 11) is -15.1. The molecule has 0 aromatic heterocycles. The fraction of sp³-hybridized carbons (Fsp3) is 0.805. The molecule has 3 rings (SSSR count). The highest BCUT2D eigenvalue weighted by Gasteiger charge is 2.41. The fourth-order valence-electron chi connectivity index (χ4n) is 8.66.